The molecule has 0 saturated carbocycles. The SMILES string of the molecule is Cc1csc(NS(=O)(=O)CC2CCCNC2)n1. The topological polar surface area (TPSA) is 71.1 Å². The van der Waals surface area contributed by atoms with Gasteiger partial charge < -0.3 is 5.32 Å². The first-order valence-corrected chi connectivity index (χ1v) is 8.22. The summed E-state index contributed by atoms with van der Waals surface area (Å²) < 4.78 is 26.3. The number of nitrogens with one attached hydrogen (secondary N) is 2. The van der Waals surface area contributed by atoms with Gasteiger partial charge in [0.05, 0.1) is 11.4 Å². The molecule has 1 unspecified atom stereocenters. The molecule has 0 radical (unpaired) electrons. The van der Waals surface area contributed by atoms with Crippen LogP contribution in [-0.4, -0.2) is 32.2 Å². The fraction of sp³-hybridized carbons (Fsp3) is 0.700. The van der Waals surface area contributed by atoms with E-state index >= 15 is 0 Å². The minimum Gasteiger partial charge on any atom is -0.316 e. The molecule has 96 valence electrons. The first-order chi connectivity index (χ1) is 8.05. The largest absolute Gasteiger partial charge is 0.316 e. The summed E-state index contributed by atoms with van der Waals surface area (Å²) in [5, 5.41) is 5.52. The van der Waals surface area contributed by atoms with E-state index in [9.17, 15) is 8.42 Å². The highest BCUT2D eigenvalue weighted by Gasteiger charge is 2.21. The molecule has 0 aromatic carbocycles. The zero-order chi connectivity index (χ0) is 12.3. The summed E-state index contributed by atoms with van der Waals surface area (Å²) in [6, 6.07) is 0. The first-order valence-electron chi connectivity index (χ1n) is 5.68. The molecule has 1 saturated heterocycles. The molecule has 1 atom stereocenters. The van der Waals surface area contributed by atoms with E-state index < -0.39 is 10.0 Å². The van der Waals surface area contributed by atoms with E-state index in [1.165, 1.54) is 11.3 Å². The highest BCUT2D eigenvalue weighted by atomic mass is 32.2. The van der Waals surface area contributed by atoms with Gasteiger partial charge in [-0.05, 0) is 38.8 Å². The van der Waals surface area contributed by atoms with Crippen molar-refractivity contribution in [3.8, 4) is 0 Å². The number of aryl methyl sites for hydroxylation is 1. The van der Waals surface area contributed by atoms with Crippen molar-refractivity contribution in [2.45, 2.75) is 19.8 Å². The molecule has 2 N–H and O–H groups in total. The second-order valence-corrected chi connectivity index (χ2v) is 7.01. The van der Waals surface area contributed by atoms with E-state index in [2.05, 4.69) is 15.0 Å². The third-order valence-corrected chi connectivity index (χ3v) is 5.14. The van der Waals surface area contributed by atoms with E-state index in [-0.39, 0.29) is 11.7 Å². The van der Waals surface area contributed by atoms with E-state index in [4.69, 9.17) is 0 Å². The second kappa shape index (κ2) is 5.32. The lowest BCUT2D eigenvalue weighted by Crippen LogP contribution is -2.35. The van der Waals surface area contributed by atoms with Gasteiger partial charge in [0.15, 0.2) is 5.13 Å². The molecule has 1 aliphatic heterocycles. The highest BCUT2D eigenvalue weighted by Crippen LogP contribution is 2.18. The number of anilines is 1. The Hall–Kier alpha value is -0.660. The molecule has 17 heavy (non-hydrogen) atoms. The normalized spacial score (nSPS) is 21.4. The van der Waals surface area contributed by atoms with Crippen LogP contribution in [0.1, 0.15) is 18.5 Å². The van der Waals surface area contributed by atoms with Crippen molar-refractivity contribution in [3.05, 3.63) is 11.1 Å². The second-order valence-electron chi connectivity index (χ2n) is 4.39. The molecule has 7 heteroatoms. The average Bonchev–Trinajstić information content (AvgIpc) is 2.63. The van der Waals surface area contributed by atoms with Gasteiger partial charge in [0.2, 0.25) is 10.0 Å². The third-order valence-electron chi connectivity index (χ3n) is 2.72. The van der Waals surface area contributed by atoms with Crippen molar-refractivity contribution in [2.75, 3.05) is 23.6 Å². The predicted octanol–water partition coefficient (Wildman–Crippen LogP) is 1.19. The Morgan fingerprint density at radius 1 is 1.65 bits per heavy atom. The van der Waals surface area contributed by atoms with E-state index in [1.807, 2.05) is 12.3 Å². The molecular weight excluding hydrogens is 258 g/mol. The molecule has 0 bridgehead atoms. The number of hydrogen-bond donors (Lipinski definition) is 2. The van der Waals surface area contributed by atoms with Crippen LogP contribution < -0.4 is 10.0 Å². The summed E-state index contributed by atoms with van der Waals surface area (Å²) in [5.41, 5.74) is 0.840. The summed E-state index contributed by atoms with van der Waals surface area (Å²) in [4.78, 5) is 4.10. The molecule has 0 spiro atoms. The van der Waals surface area contributed by atoms with Gasteiger partial charge >= 0.3 is 0 Å². The van der Waals surface area contributed by atoms with Crippen LogP contribution in [0.5, 0.6) is 0 Å². The number of thiazole rings is 1. The Morgan fingerprint density at radius 2 is 2.47 bits per heavy atom. The van der Waals surface area contributed by atoms with Crippen LogP contribution in [0.15, 0.2) is 5.38 Å². The monoisotopic (exact) mass is 275 g/mol. The Bertz CT molecular complexity index is 464. The molecule has 5 nitrogen and oxygen atoms in total. The predicted molar refractivity (Wildman–Crippen MR) is 69.9 cm³/mol. The van der Waals surface area contributed by atoms with Crippen LogP contribution in [0, 0.1) is 12.8 Å². The molecule has 1 fully saturated rings. The van der Waals surface area contributed by atoms with Gasteiger partial charge in [-0.3, -0.25) is 4.72 Å². The Labute approximate surface area is 106 Å². The van der Waals surface area contributed by atoms with Gasteiger partial charge in [-0.15, -0.1) is 11.3 Å². The van der Waals surface area contributed by atoms with Crippen molar-refractivity contribution < 1.29 is 8.42 Å². The van der Waals surface area contributed by atoms with Crippen molar-refractivity contribution in [2.24, 2.45) is 5.92 Å². The molecular formula is C10H17N3O2S2. The Morgan fingerprint density at radius 3 is 3.06 bits per heavy atom. The third kappa shape index (κ3) is 3.93. The lowest BCUT2D eigenvalue weighted by molar-refractivity contribution is 0.404. The summed E-state index contributed by atoms with van der Waals surface area (Å²) in [6.45, 7) is 3.63. The van der Waals surface area contributed by atoms with Gasteiger partial charge in [0, 0.05) is 5.38 Å². The van der Waals surface area contributed by atoms with E-state index in [0.717, 1.165) is 31.6 Å². The maximum atomic E-state index is 11.9. The number of piperidine rings is 1. The molecule has 2 heterocycles. The smallest absolute Gasteiger partial charge is 0.234 e. The van der Waals surface area contributed by atoms with Crippen LogP contribution in [0.25, 0.3) is 0 Å². The summed E-state index contributed by atoms with van der Waals surface area (Å²) >= 11 is 1.32. The number of hydrogen-bond acceptors (Lipinski definition) is 5. The zero-order valence-corrected chi connectivity index (χ0v) is 11.4. The molecule has 2 rings (SSSR count). The molecule has 1 aliphatic rings. The molecule has 1 aromatic heterocycles. The first kappa shape index (κ1) is 12.8. The van der Waals surface area contributed by atoms with Crippen LogP contribution in [0.2, 0.25) is 0 Å². The van der Waals surface area contributed by atoms with Gasteiger partial charge in [0.1, 0.15) is 0 Å². The average molecular weight is 275 g/mol. The Balaban J connectivity index is 1.94. The van der Waals surface area contributed by atoms with E-state index in [0.29, 0.717) is 5.13 Å². The maximum absolute atomic E-state index is 11.9. The molecule has 0 aliphatic carbocycles. The quantitative estimate of drug-likeness (QED) is 0.866. The minimum atomic E-state index is -3.26. The fourth-order valence-corrected chi connectivity index (χ4v) is 4.36. The number of rotatable bonds is 4. The van der Waals surface area contributed by atoms with Crippen LogP contribution >= 0.6 is 11.3 Å². The summed E-state index contributed by atoms with van der Waals surface area (Å²) in [7, 11) is -3.26. The van der Waals surface area contributed by atoms with Crippen molar-refractivity contribution in [3.63, 3.8) is 0 Å². The zero-order valence-electron chi connectivity index (χ0n) is 9.77. The van der Waals surface area contributed by atoms with Crippen molar-refractivity contribution in [1.29, 1.82) is 0 Å². The van der Waals surface area contributed by atoms with Crippen LogP contribution in [-0.2, 0) is 10.0 Å². The highest BCUT2D eigenvalue weighted by molar-refractivity contribution is 7.92. The van der Waals surface area contributed by atoms with Crippen LogP contribution in [0.4, 0.5) is 5.13 Å². The van der Waals surface area contributed by atoms with E-state index in [1.54, 1.807) is 0 Å². The summed E-state index contributed by atoms with van der Waals surface area (Å²) in [6.07, 6.45) is 2.03. The summed E-state index contributed by atoms with van der Waals surface area (Å²) in [5.74, 6) is 0.390. The lowest BCUT2D eigenvalue weighted by Gasteiger charge is -2.22. The lowest BCUT2D eigenvalue weighted by atomic mass is 10.0. The number of sulfonamides is 1. The van der Waals surface area contributed by atoms with Gasteiger partial charge in [0.25, 0.3) is 0 Å². The number of nitrogens with zero attached hydrogens (tertiary/aromatic N) is 1. The molecule has 0 amide bonds. The van der Waals surface area contributed by atoms with Gasteiger partial charge in [-0.2, -0.15) is 0 Å². The van der Waals surface area contributed by atoms with Gasteiger partial charge in [-0.25, -0.2) is 13.4 Å². The standard InChI is InChI=1S/C10H17N3O2S2/c1-8-6-16-10(12-8)13-17(14,15)7-9-3-2-4-11-5-9/h6,9,11H,2-5,7H2,1H3,(H,12,13). The van der Waals surface area contributed by atoms with Gasteiger partial charge in [-0.1, -0.05) is 0 Å². The number of aromatic nitrogens is 1. The maximum Gasteiger partial charge on any atom is 0.234 e. The minimum absolute atomic E-state index is 0.179. The van der Waals surface area contributed by atoms with Crippen molar-refractivity contribution in [1.82, 2.24) is 10.3 Å². The van der Waals surface area contributed by atoms with Crippen molar-refractivity contribution >= 4 is 26.5 Å². The van der Waals surface area contributed by atoms with Crippen LogP contribution in [0.3, 0.4) is 0 Å². The fourth-order valence-electron chi connectivity index (χ4n) is 1.95. The molecule has 1 aromatic rings. The Kier molecular flexibility index (Phi) is 4.01.